The number of benzene rings is 1. The summed E-state index contributed by atoms with van der Waals surface area (Å²) in [7, 11) is 1.56. The number of aryl methyl sites for hydroxylation is 1. The fraction of sp³-hybridized carbons (Fsp3) is 0.556. The SMILES string of the molecule is COc1ccc(C)cc1NC(=O)[C@@H]1CCCN1C(=O)OCC(C)C. The minimum Gasteiger partial charge on any atom is -0.495 e. The molecular formula is C18H26N2O4. The minimum absolute atomic E-state index is 0.210. The molecule has 1 heterocycles. The van der Waals surface area contributed by atoms with E-state index < -0.39 is 12.1 Å². The molecule has 24 heavy (non-hydrogen) atoms. The molecule has 1 aliphatic rings. The highest BCUT2D eigenvalue weighted by atomic mass is 16.6. The zero-order chi connectivity index (χ0) is 17.7. The van der Waals surface area contributed by atoms with Crippen LogP contribution in [0.2, 0.25) is 0 Å². The van der Waals surface area contributed by atoms with Crippen LogP contribution in [0, 0.1) is 12.8 Å². The summed E-state index contributed by atoms with van der Waals surface area (Å²) in [4.78, 5) is 26.3. The monoisotopic (exact) mass is 334 g/mol. The molecular weight excluding hydrogens is 308 g/mol. The van der Waals surface area contributed by atoms with Crippen LogP contribution in [0.15, 0.2) is 18.2 Å². The number of ether oxygens (including phenoxy) is 2. The van der Waals surface area contributed by atoms with Crippen LogP contribution in [0.3, 0.4) is 0 Å². The Labute approximate surface area is 143 Å². The van der Waals surface area contributed by atoms with Gasteiger partial charge in [-0.2, -0.15) is 0 Å². The molecule has 1 fully saturated rings. The Morgan fingerprint density at radius 2 is 2.12 bits per heavy atom. The Bertz CT molecular complexity index is 601. The number of carbonyl (C=O) groups excluding carboxylic acids is 2. The van der Waals surface area contributed by atoms with Gasteiger partial charge in [-0.25, -0.2) is 4.79 Å². The normalized spacial score (nSPS) is 17.0. The van der Waals surface area contributed by atoms with Gasteiger partial charge in [0.2, 0.25) is 5.91 Å². The van der Waals surface area contributed by atoms with E-state index in [1.165, 1.54) is 4.90 Å². The van der Waals surface area contributed by atoms with E-state index in [4.69, 9.17) is 9.47 Å². The summed E-state index contributed by atoms with van der Waals surface area (Å²) in [6.07, 6.45) is 1.01. The maximum Gasteiger partial charge on any atom is 0.410 e. The number of hydrogen-bond donors (Lipinski definition) is 1. The molecule has 0 aliphatic carbocycles. The average molecular weight is 334 g/mol. The summed E-state index contributed by atoms with van der Waals surface area (Å²) in [6.45, 7) is 6.80. The number of carbonyl (C=O) groups is 2. The van der Waals surface area contributed by atoms with Crippen LogP contribution in [0.25, 0.3) is 0 Å². The van der Waals surface area contributed by atoms with Crippen molar-refractivity contribution in [1.82, 2.24) is 4.90 Å². The Hall–Kier alpha value is -2.24. The van der Waals surface area contributed by atoms with E-state index in [1.54, 1.807) is 7.11 Å². The van der Waals surface area contributed by atoms with Crippen LogP contribution < -0.4 is 10.1 Å². The van der Waals surface area contributed by atoms with Crippen molar-refractivity contribution in [2.45, 2.75) is 39.7 Å². The maximum absolute atomic E-state index is 12.6. The van der Waals surface area contributed by atoms with Crippen molar-refractivity contribution in [2.24, 2.45) is 5.92 Å². The molecule has 1 saturated heterocycles. The van der Waals surface area contributed by atoms with Crippen LogP contribution in [0.5, 0.6) is 5.75 Å². The van der Waals surface area contributed by atoms with E-state index >= 15 is 0 Å². The first kappa shape index (κ1) is 18.1. The van der Waals surface area contributed by atoms with Crippen molar-refractivity contribution in [3.63, 3.8) is 0 Å². The number of methoxy groups -OCH3 is 1. The van der Waals surface area contributed by atoms with Crippen molar-refractivity contribution < 1.29 is 19.1 Å². The second-order valence-electron chi connectivity index (χ2n) is 6.52. The molecule has 1 aromatic rings. The summed E-state index contributed by atoms with van der Waals surface area (Å²) < 4.78 is 10.5. The van der Waals surface area contributed by atoms with Gasteiger partial charge in [0.25, 0.3) is 0 Å². The molecule has 132 valence electrons. The molecule has 1 atom stereocenters. The standard InChI is InChI=1S/C18H26N2O4/c1-12(2)11-24-18(22)20-9-5-6-15(20)17(21)19-14-10-13(3)7-8-16(14)23-4/h7-8,10,12,15H,5-6,9,11H2,1-4H3,(H,19,21)/t15-/m0/s1. The fourth-order valence-corrected chi connectivity index (χ4v) is 2.71. The first-order valence-corrected chi connectivity index (χ1v) is 8.31. The van der Waals surface area contributed by atoms with Crippen molar-refractivity contribution >= 4 is 17.7 Å². The van der Waals surface area contributed by atoms with Crippen LogP contribution >= 0.6 is 0 Å². The number of rotatable bonds is 5. The first-order valence-electron chi connectivity index (χ1n) is 8.31. The molecule has 6 nitrogen and oxygen atoms in total. The highest BCUT2D eigenvalue weighted by Crippen LogP contribution is 2.27. The highest BCUT2D eigenvalue weighted by Gasteiger charge is 2.35. The van der Waals surface area contributed by atoms with Gasteiger partial charge in [-0.05, 0) is 43.4 Å². The Kier molecular flexibility index (Phi) is 6.06. The quantitative estimate of drug-likeness (QED) is 0.898. The molecule has 0 bridgehead atoms. The van der Waals surface area contributed by atoms with Crippen LogP contribution in [-0.2, 0) is 9.53 Å². The van der Waals surface area contributed by atoms with Crippen LogP contribution in [0.1, 0.15) is 32.3 Å². The van der Waals surface area contributed by atoms with Crippen molar-refractivity contribution in [2.75, 3.05) is 25.6 Å². The third kappa shape index (κ3) is 4.40. The number of nitrogens with one attached hydrogen (secondary N) is 1. The van der Waals surface area contributed by atoms with Crippen LogP contribution in [-0.4, -0.2) is 43.2 Å². The molecule has 2 rings (SSSR count). The minimum atomic E-state index is -0.505. The van der Waals surface area contributed by atoms with Gasteiger partial charge in [0, 0.05) is 6.54 Å². The second-order valence-corrected chi connectivity index (χ2v) is 6.52. The van der Waals surface area contributed by atoms with E-state index in [0.29, 0.717) is 31.0 Å². The zero-order valence-electron chi connectivity index (χ0n) is 14.8. The molecule has 0 unspecified atom stereocenters. The number of nitrogens with zero attached hydrogens (tertiary/aromatic N) is 1. The van der Waals surface area contributed by atoms with E-state index in [-0.39, 0.29) is 11.8 Å². The summed E-state index contributed by atoms with van der Waals surface area (Å²) in [6, 6.07) is 5.08. The van der Waals surface area contributed by atoms with E-state index in [9.17, 15) is 9.59 Å². The molecule has 2 amide bonds. The van der Waals surface area contributed by atoms with Crippen molar-refractivity contribution in [3.05, 3.63) is 23.8 Å². The topological polar surface area (TPSA) is 67.9 Å². The summed E-state index contributed by atoms with van der Waals surface area (Å²) in [5, 5.41) is 2.88. The highest BCUT2D eigenvalue weighted by molar-refractivity contribution is 5.98. The first-order chi connectivity index (χ1) is 11.4. The van der Waals surface area contributed by atoms with E-state index in [2.05, 4.69) is 5.32 Å². The van der Waals surface area contributed by atoms with E-state index in [0.717, 1.165) is 12.0 Å². The van der Waals surface area contributed by atoms with Gasteiger partial charge in [-0.15, -0.1) is 0 Å². The third-order valence-corrected chi connectivity index (χ3v) is 3.94. The van der Waals surface area contributed by atoms with Crippen molar-refractivity contribution in [3.8, 4) is 5.75 Å². The largest absolute Gasteiger partial charge is 0.495 e. The van der Waals surface area contributed by atoms with Gasteiger partial charge < -0.3 is 14.8 Å². The average Bonchev–Trinajstić information content (AvgIpc) is 3.02. The number of amides is 2. The molecule has 0 radical (unpaired) electrons. The molecule has 1 aromatic carbocycles. The predicted molar refractivity (Wildman–Crippen MR) is 92.3 cm³/mol. The lowest BCUT2D eigenvalue weighted by Crippen LogP contribution is -2.43. The number of anilines is 1. The van der Waals surface area contributed by atoms with Gasteiger partial charge in [-0.3, -0.25) is 9.69 Å². The van der Waals surface area contributed by atoms with Gasteiger partial charge in [-0.1, -0.05) is 19.9 Å². The number of likely N-dealkylation sites (tertiary alicyclic amines) is 1. The van der Waals surface area contributed by atoms with Gasteiger partial charge >= 0.3 is 6.09 Å². The zero-order valence-corrected chi connectivity index (χ0v) is 14.8. The van der Waals surface area contributed by atoms with Crippen molar-refractivity contribution in [1.29, 1.82) is 0 Å². The lowest BCUT2D eigenvalue weighted by Gasteiger charge is -2.24. The van der Waals surface area contributed by atoms with E-state index in [1.807, 2.05) is 39.0 Å². The third-order valence-electron chi connectivity index (χ3n) is 3.94. The predicted octanol–water partition coefficient (Wildman–Crippen LogP) is 3.20. The Morgan fingerprint density at radius 3 is 2.79 bits per heavy atom. The molecule has 0 spiro atoms. The van der Waals surface area contributed by atoms with Gasteiger partial charge in [0.15, 0.2) is 0 Å². The lowest BCUT2D eigenvalue weighted by molar-refractivity contribution is -0.120. The Morgan fingerprint density at radius 1 is 1.38 bits per heavy atom. The molecule has 1 aliphatic heterocycles. The smallest absolute Gasteiger partial charge is 0.410 e. The summed E-state index contributed by atoms with van der Waals surface area (Å²) in [5.74, 6) is 0.652. The van der Waals surface area contributed by atoms with Gasteiger partial charge in [0.1, 0.15) is 11.8 Å². The number of hydrogen-bond acceptors (Lipinski definition) is 4. The Balaban J connectivity index is 2.05. The summed E-state index contributed by atoms with van der Waals surface area (Å²) in [5.41, 5.74) is 1.63. The second kappa shape index (κ2) is 8.04. The van der Waals surface area contributed by atoms with Crippen LogP contribution in [0.4, 0.5) is 10.5 Å². The molecule has 0 saturated carbocycles. The maximum atomic E-state index is 12.6. The fourth-order valence-electron chi connectivity index (χ4n) is 2.71. The van der Waals surface area contributed by atoms with Gasteiger partial charge in [0.05, 0.1) is 19.4 Å². The lowest BCUT2D eigenvalue weighted by atomic mass is 10.1. The summed E-state index contributed by atoms with van der Waals surface area (Å²) >= 11 is 0. The molecule has 6 heteroatoms. The molecule has 1 N–H and O–H groups in total. The molecule has 0 aromatic heterocycles.